The maximum Gasteiger partial charge on any atom is 0.335 e. The van der Waals surface area contributed by atoms with Gasteiger partial charge in [-0.15, -0.1) is 0 Å². The fourth-order valence-corrected chi connectivity index (χ4v) is 4.64. The van der Waals surface area contributed by atoms with Crippen LogP contribution in [0.4, 0.5) is 16.2 Å². The molecule has 3 aromatic rings. The van der Waals surface area contributed by atoms with E-state index in [1.807, 2.05) is 55.5 Å². The number of imide groups is 2. The van der Waals surface area contributed by atoms with Crippen LogP contribution in [0.1, 0.15) is 22.3 Å². The maximum atomic E-state index is 13.3. The standard InChI is InChI=1S/C29H26IN3O6/c1-16-5-8-20(9-6-16)31-25(34)15-39-26-23(30)13-19(14-24(26)38-4)12-22-27(35)32-29(37)33(28(22)36)21-10-7-17(2)18(3)11-21/h5-14H,15H2,1-4H3,(H,31,34)(H,32,35,37)/b22-12+. The van der Waals surface area contributed by atoms with Crippen molar-refractivity contribution in [2.24, 2.45) is 0 Å². The highest BCUT2D eigenvalue weighted by molar-refractivity contribution is 14.1. The van der Waals surface area contributed by atoms with Crippen LogP contribution in [0, 0.1) is 24.3 Å². The summed E-state index contributed by atoms with van der Waals surface area (Å²) in [5.74, 6) is -1.24. The Bertz CT molecular complexity index is 1510. The predicted molar refractivity (Wildman–Crippen MR) is 156 cm³/mol. The number of hydrogen-bond acceptors (Lipinski definition) is 6. The summed E-state index contributed by atoms with van der Waals surface area (Å²) in [4.78, 5) is 51.8. The van der Waals surface area contributed by atoms with Gasteiger partial charge in [0, 0.05) is 5.69 Å². The lowest BCUT2D eigenvalue weighted by Gasteiger charge is -2.27. The molecule has 0 unspecified atom stereocenters. The Hall–Kier alpha value is -4.19. The smallest absolute Gasteiger partial charge is 0.335 e. The number of nitrogens with one attached hydrogen (secondary N) is 2. The van der Waals surface area contributed by atoms with Gasteiger partial charge in [-0.05, 0) is 103 Å². The molecule has 3 aromatic carbocycles. The Morgan fingerprint density at radius 1 is 1.00 bits per heavy atom. The summed E-state index contributed by atoms with van der Waals surface area (Å²) in [6, 6.07) is 15.0. The highest BCUT2D eigenvalue weighted by Crippen LogP contribution is 2.35. The van der Waals surface area contributed by atoms with Crippen LogP contribution in [0.3, 0.4) is 0 Å². The fourth-order valence-electron chi connectivity index (χ4n) is 3.86. The molecule has 2 N–H and O–H groups in total. The van der Waals surface area contributed by atoms with Crippen molar-refractivity contribution in [2.45, 2.75) is 20.8 Å². The predicted octanol–water partition coefficient (Wildman–Crippen LogP) is 4.91. The Balaban J connectivity index is 1.56. The largest absolute Gasteiger partial charge is 0.493 e. The van der Waals surface area contributed by atoms with Crippen LogP contribution in [0.25, 0.3) is 6.08 Å². The fraction of sp³-hybridized carbons (Fsp3) is 0.172. The lowest BCUT2D eigenvalue weighted by molar-refractivity contribution is -0.122. The molecule has 1 aliphatic rings. The number of carbonyl (C=O) groups is 4. The zero-order valence-corrected chi connectivity index (χ0v) is 23.9. The number of amides is 5. The van der Waals surface area contributed by atoms with E-state index in [1.165, 1.54) is 13.2 Å². The minimum atomic E-state index is -0.815. The van der Waals surface area contributed by atoms with Gasteiger partial charge in [0.1, 0.15) is 5.57 Å². The molecular formula is C29H26IN3O6. The van der Waals surface area contributed by atoms with Crippen LogP contribution < -0.4 is 25.0 Å². The van der Waals surface area contributed by atoms with Crippen molar-refractivity contribution in [2.75, 3.05) is 23.9 Å². The second-order valence-corrected chi connectivity index (χ2v) is 10.1. The van der Waals surface area contributed by atoms with Gasteiger partial charge in [-0.25, -0.2) is 9.69 Å². The molecule has 0 aromatic heterocycles. The van der Waals surface area contributed by atoms with Gasteiger partial charge < -0.3 is 14.8 Å². The minimum absolute atomic E-state index is 0.211. The average Bonchev–Trinajstić information content (AvgIpc) is 2.89. The molecule has 4 rings (SSSR count). The van der Waals surface area contributed by atoms with Crippen molar-refractivity contribution in [1.29, 1.82) is 0 Å². The normalized spacial score (nSPS) is 14.3. The molecule has 1 heterocycles. The zero-order valence-electron chi connectivity index (χ0n) is 21.8. The molecule has 0 bridgehead atoms. The van der Waals surface area contributed by atoms with E-state index in [2.05, 4.69) is 10.6 Å². The lowest BCUT2D eigenvalue weighted by atomic mass is 10.0. The van der Waals surface area contributed by atoms with E-state index in [1.54, 1.807) is 42.5 Å². The third-order valence-electron chi connectivity index (χ3n) is 6.10. The third kappa shape index (κ3) is 6.28. The van der Waals surface area contributed by atoms with Crippen LogP contribution in [-0.2, 0) is 14.4 Å². The molecule has 0 radical (unpaired) electrons. The lowest BCUT2D eigenvalue weighted by Crippen LogP contribution is -2.54. The number of aryl methyl sites for hydroxylation is 3. The molecule has 5 amide bonds. The molecule has 39 heavy (non-hydrogen) atoms. The summed E-state index contributed by atoms with van der Waals surface area (Å²) in [6.45, 7) is 5.50. The van der Waals surface area contributed by atoms with Crippen molar-refractivity contribution in [3.05, 3.63) is 86.0 Å². The maximum absolute atomic E-state index is 13.3. The number of carbonyl (C=O) groups excluding carboxylic acids is 4. The molecular weight excluding hydrogens is 613 g/mol. The van der Waals surface area contributed by atoms with Crippen molar-refractivity contribution in [3.63, 3.8) is 0 Å². The Morgan fingerprint density at radius 3 is 2.38 bits per heavy atom. The highest BCUT2D eigenvalue weighted by atomic mass is 127. The van der Waals surface area contributed by atoms with Gasteiger partial charge in [0.25, 0.3) is 17.7 Å². The number of benzene rings is 3. The van der Waals surface area contributed by atoms with E-state index in [-0.39, 0.29) is 18.1 Å². The van der Waals surface area contributed by atoms with Gasteiger partial charge in [0.15, 0.2) is 18.1 Å². The SMILES string of the molecule is COc1cc(/C=C2\C(=O)NC(=O)N(c3ccc(C)c(C)c3)C2=O)cc(I)c1OCC(=O)Nc1ccc(C)cc1. The number of halogens is 1. The zero-order chi connectivity index (χ0) is 28.3. The van der Waals surface area contributed by atoms with Gasteiger partial charge in [-0.1, -0.05) is 23.8 Å². The second kappa shape index (κ2) is 11.7. The molecule has 1 fully saturated rings. The molecule has 0 spiro atoms. The summed E-state index contributed by atoms with van der Waals surface area (Å²) in [5, 5.41) is 5.00. The number of hydrogen-bond donors (Lipinski definition) is 2. The minimum Gasteiger partial charge on any atom is -0.493 e. The van der Waals surface area contributed by atoms with Gasteiger partial charge in [-0.3, -0.25) is 19.7 Å². The Kier molecular flexibility index (Phi) is 8.34. The summed E-state index contributed by atoms with van der Waals surface area (Å²) >= 11 is 2.02. The van der Waals surface area contributed by atoms with Crippen molar-refractivity contribution >= 4 is 63.8 Å². The molecule has 9 nitrogen and oxygen atoms in total. The monoisotopic (exact) mass is 639 g/mol. The first-order valence-electron chi connectivity index (χ1n) is 11.9. The number of urea groups is 1. The number of ether oxygens (including phenoxy) is 2. The summed E-state index contributed by atoms with van der Waals surface area (Å²) in [6.07, 6.45) is 1.39. The van der Waals surface area contributed by atoms with E-state index in [9.17, 15) is 19.2 Å². The van der Waals surface area contributed by atoms with E-state index in [0.717, 1.165) is 21.6 Å². The van der Waals surface area contributed by atoms with Gasteiger partial charge in [-0.2, -0.15) is 0 Å². The number of methoxy groups -OCH3 is 1. The summed E-state index contributed by atoms with van der Waals surface area (Å²) in [5.41, 5.74) is 4.26. The molecule has 1 saturated heterocycles. The van der Waals surface area contributed by atoms with E-state index in [0.29, 0.717) is 32.0 Å². The quantitative estimate of drug-likeness (QED) is 0.216. The third-order valence-corrected chi connectivity index (χ3v) is 6.90. The van der Waals surface area contributed by atoms with Crippen molar-refractivity contribution in [1.82, 2.24) is 5.32 Å². The summed E-state index contributed by atoms with van der Waals surface area (Å²) < 4.78 is 11.8. The van der Waals surface area contributed by atoms with Crippen LogP contribution in [0.5, 0.6) is 11.5 Å². The molecule has 0 atom stereocenters. The first kappa shape index (κ1) is 27.8. The first-order valence-corrected chi connectivity index (χ1v) is 13.0. The Morgan fingerprint density at radius 2 is 1.72 bits per heavy atom. The van der Waals surface area contributed by atoms with E-state index in [4.69, 9.17) is 9.47 Å². The van der Waals surface area contributed by atoms with Crippen molar-refractivity contribution < 1.29 is 28.7 Å². The van der Waals surface area contributed by atoms with Crippen LogP contribution in [-0.4, -0.2) is 37.5 Å². The van der Waals surface area contributed by atoms with E-state index < -0.39 is 17.8 Å². The average molecular weight is 639 g/mol. The molecule has 10 heteroatoms. The number of anilines is 2. The van der Waals surface area contributed by atoms with Crippen LogP contribution in [0.15, 0.2) is 60.2 Å². The van der Waals surface area contributed by atoms with Gasteiger partial charge in [0.2, 0.25) is 0 Å². The molecule has 200 valence electrons. The molecule has 0 aliphatic carbocycles. The van der Waals surface area contributed by atoms with Gasteiger partial charge >= 0.3 is 6.03 Å². The molecule has 1 aliphatic heterocycles. The summed E-state index contributed by atoms with van der Waals surface area (Å²) in [7, 11) is 1.44. The first-order chi connectivity index (χ1) is 18.6. The van der Waals surface area contributed by atoms with E-state index >= 15 is 0 Å². The van der Waals surface area contributed by atoms with Crippen LogP contribution >= 0.6 is 22.6 Å². The van der Waals surface area contributed by atoms with Crippen LogP contribution in [0.2, 0.25) is 0 Å². The number of barbiturate groups is 1. The topological polar surface area (TPSA) is 114 Å². The number of nitrogens with zero attached hydrogens (tertiary/aromatic N) is 1. The Labute approximate surface area is 239 Å². The van der Waals surface area contributed by atoms with Gasteiger partial charge in [0.05, 0.1) is 16.4 Å². The molecule has 0 saturated carbocycles. The highest BCUT2D eigenvalue weighted by Gasteiger charge is 2.37. The van der Waals surface area contributed by atoms with Crippen molar-refractivity contribution in [3.8, 4) is 11.5 Å². The second-order valence-electron chi connectivity index (χ2n) is 8.96. The number of rotatable bonds is 7.